The Morgan fingerprint density at radius 2 is 1.79 bits per heavy atom. The van der Waals surface area contributed by atoms with E-state index >= 15 is 0 Å². The number of amides is 2. The number of primary amides is 1. The summed E-state index contributed by atoms with van der Waals surface area (Å²) in [5, 5.41) is 2.29. The van der Waals surface area contributed by atoms with Crippen LogP contribution in [0.1, 0.15) is 10.4 Å². The average Bonchev–Trinajstić information content (AvgIpc) is 2.19. The van der Waals surface area contributed by atoms with E-state index in [1.807, 2.05) is 0 Å². The van der Waals surface area contributed by atoms with Crippen molar-refractivity contribution in [2.45, 2.75) is 0 Å². The second kappa shape index (κ2) is 4.23. The summed E-state index contributed by atoms with van der Waals surface area (Å²) < 4.78 is 0. The zero-order valence-electron chi connectivity index (χ0n) is 7.49. The number of rotatable bonds is 3. The first-order valence-corrected chi connectivity index (χ1v) is 3.96. The lowest BCUT2D eigenvalue weighted by Gasteiger charge is -2.03. The predicted molar refractivity (Wildman–Crippen MR) is 52.2 cm³/mol. The molecule has 0 unspecified atom stereocenters. The van der Waals surface area contributed by atoms with E-state index in [1.54, 1.807) is 30.3 Å². The first-order chi connectivity index (χ1) is 6.61. The Morgan fingerprint density at radius 3 is 2.29 bits per heavy atom. The molecule has 0 aliphatic heterocycles. The van der Waals surface area contributed by atoms with E-state index in [1.165, 1.54) is 0 Å². The van der Waals surface area contributed by atoms with Crippen LogP contribution < -0.4 is 11.1 Å². The minimum Gasteiger partial charge on any atom is -0.364 e. The van der Waals surface area contributed by atoms with Crippen LogP contribution in [0.25, 0.3) is 0 Å². The average molecular weight is 190 g/mol. The molecule has 0 aromatic heterocycles. The fourth-order valence-corrected chi connectivity index (χ4v) is 0.860. The molecule has 0 atom stereocenters. The summed E-state index contributed by atoms with van der Waals surface area (Å²) in [6.45, 7) is 3.31. The van der Waals surface area contributed by atoms with Crippen LogP contribution in [0, 0.1) is 0 Å². The third-order valence-electron chi connectivity index (χ3n) is 1.60. The molecule has 0 bridgehead atoms. The number of hydrogen-bond donors (Lipinski definition) is 2. The lowest BCUT2D eigenvalue weighted by atomic mass is 10.2. The Hall–Kier alpha value is -2.10. The molecular weight excluding hydrogens is 180 g/mol. The van der Waals surface area contributed by atoms with Crippen molar-refractivity contribution in [2.75, 3.05) is 0 Å². The molecular formula is C10H10N2O2. The third-order valence-corrected chi connectivity index (χ3v) is 1.60. The third kappa shape index (κ3) is 2.45. The molecule has 0 spiro atoms. The van der Waals surface area contributed by atoms with Crippen LogP contribution in [-0.2, 0) is 4.79 Å². The van der Waals surface area contributed by atoms with Crippen molar-refractivity contribution in [3.63, 3.8) is 0 Å². The van der Waals surface area contributed by atoms with Gasteiger partial charge in [-0.2, -0.15) is 0 Å². The number of hydrogen-bond acceptors (Lipinski definition) is 2. The van der Waals surface area contributed by atoms with Crippen LogP contribution in [0.5, 0.6) is 0 Å². The molecule has 0 saturated heterocycles. The molecule has 2 amide bonds. The molecule has 0 fully saturated rings. The van der Waals surface area contributed by atoms with Crippen LogP contribution in [-0.4, -0.2) is 11.8 Å². The lowest BCUT2D eigenvalue weighted by Crippen LogP contribution is -2.30. The van der Waals surface area contributed by atoms with Gasteiger partial charge >= 0.3 is 0 Å². The van der Waals surface area contributed by atoms with Gasteiger partial charge in [0, 0.05) is 5.56 Å². The quantitative estimate of drug-likeness (QED) is 0.678. The molecule has 4 heteroatoms. The van der Waals surface area contributed by atoms with Crippen molar-refractivity contribution in [3.05, 3.63) is 48.2 Å². The number of nitrogens with two attached hydrogens (primary N) is 1. The maximum atomic E-state index is 11.4. The largest absolute Gasteiger partial charge is 0.364 e. The summed E-state index contributed by atoms with van der Waals surface area (Å²) >= 11 is 0. The minimum atomic E-state index is -0.741. The van der Waals surface area contributed by atoms with Crippen LogP contribution in [0.4, 0.5) is 0 Å². The van der Waals surface area contributed by atoms with Gasteiger partial charge in [0.15, 0.2) is 0 Å². The van der Waals surface area contributed by atoms with Gasteiger partial charge in [-0.25, -0.2) is 0 Å². The van der Waals surface area contributed by atoms with E-state index in [-0.39, 0.29) is 5.70 Å². The van der Waals surface area contributed by atoms with E-state index in [9.17, 15) is 9.59 Å². The summed E-state index contributed by atoms with van der Waals surface area (Å²) in [6.07, 6.45) is 0. The zero-order valence-corrected chi connectivity index (χ0v) is 7.49. The van der Waals surface area contributed by atoms with Crippen molar-refractivity contribution < 1.29 is 9.59 Å². The molecule has 3 N–H and O–H groups in total. The Kier molecular flexibility index (Phi) is 3.01. The Morgan fingerprint density at radius 1 is 1.21 bits per heavy atom. The molecule has 14 heavy (non-hydrogen) atoms. The number of benzene rings is 1. The van der Waals surface area contributed by atoms with E-state index < -0.39 is 11.8 Å². The van der Waals surface area contributed by atoms with Gasteiger partial charge in [-0.3, -0.25) is 9.59 Å². The number of carbonyl (C=O) groups excluding carboxylic acids is 2. The summed E-state index contributed by atoms with van der Waals surface area (Å²) in [7, 11) is 0. The second-order valence-corrected chi connectivity index (χ2v) is 2.66. The van der Waals surface area contributed by atoms with Crippen LogP contribution >= 0.6 is 0 Å². The maximum absolute atomic E-state index is 11.4. The van der Waals surface area contributed by atoms with Crippen LogP contribution in [0.15, 0.2) is 42.6 Å². The Bertz CT molecular complexity index is 371. The highest BCUT2D eigenvalue weighted by Crippen LogP contribution is 1.98. The molecule has 0 aliphatic carbocycles. The van der Waals surface area contributed by atoms with Crippen LogP contribution in [0.2, 0.25) is 0 Å². The van der Waals surface area contributed by atoms with Crippen molar-refractivity contribution in [1.82, 2.24) is 5.32 Å². The fourth-order valence-electron chi connectivity index (χ4n) is 0.860. The van der Waals surface area contributed by atoms with Gasteiger partial charge in [-0.15, -0.1) is 0 Å². The maximum Gasteiger partial charge on any atom is 0.264 e. The molecule has 72 valence electrons. The van der Waals surface area contributed by atoms with E-state index in [2.05, 4.69) is 11.9 Å². The number of carbonyl (C=O) groups is 2. The molecule has 0 saturated carbocycles. The molecule has 0 aliphatic rings. The summed E-state index contributed by atoms with van der Waals surface area (Å²) in [5.41, 5.74) is 5.25. The highest BCUT2D eigenvalue weighted by atomic mass is 16.2. The Balaban J connectivity index is 2.69. The normalized spacial score (nSPS) is 9.14. The van der Waals surface area contributed by atoms with Gasteiger partial charge in [0.25, 0.3) is 11.8 Å². The van der Waals surface area contributed by atoms with E-state index in [0.29, 0.717) is 5.56 Å². The van der Waals surface area contributed by atoms with E-state index in [0.717, 1.165) is 0 Å². The van der Waals surface area contributed by atoms with Crippen molar-refractivity contribution in [2.24, 2.45) is 5.73 Å². The topological polar surface area (TPSA) is 72.2 Å². The fraction of sp³-hybridized carbons (Fsp3) is 0. The van der Waals surface area contributed by atoms with E-state index in [4.69, 9.17) is 5.73 Å². The van der Waals surface area contributed by atoms with Gasteiger partial charge in [0.05, 0.1) is 5.70 Å². The van der Waals surface area contributed by atoms with Gasteiger partial charge in [0.1, 0.15) is 0 Å². The van der Waals surface area contributed by atoms with Gasteiger partial charge < -0.3 is 11.1 Å². The predicted octanol–water partition coefficient (Wildman–Crippen LogP) is 0.415. The first-order valence-electron chi connectivity index (χ1n) is 3.96. The van der Waals surface area contributed by atoms with Crippen molar-refractivity contribution in [1.29, 1.82) is 0 Å². The van der Waals surface area contributed by atoms with Gasteiger partial charge in [-0.05, 0) is 12.1 Å². The summed E-state index contributed by atoms with van der Waals surface area (Å²) in [4.78, 5) is 22.0. The zero-order chi connectivity index (χ0) is 10.6. The smallest absolute Gasteiger partial charge is 0.264 e. The van der Waals surface area contributed by atoms with Crippen molar-refractivity contribution in [3.8, 4) is 0 Å². The molecule has 0 heterocycles. The molecule has 4 nitrogen and oxygen atoms in total. The van der Waals surface area contributed by atoms with Gasteiger partial charge in [0.2, 0.25) is 0 Å². The standard InChI is InChI=1S/C10H10N2O2/c1-7(9(11)13)12-10(14)8-5-3-2-4-6-8/h2-6H,1H2,(H2,11,13)(H,12,14). The molecule has 0 radical (unpaired) electrons. The highest BCUT2D eigenvalue weighted by Gasteiger charge is 2.08. The second-order valence-electron chi connectivity index (χ2n) is 2.66. The Labute approximate surface area is 81.4 Å². The SMILES string of the molecule is C=C(NC(=O)c1ccccc1)C(N)=O. The lowest BCUT2D eigenvalue weighted by molar-refractivity contribution is -0.114. The molecule has 1 aromatic carbocycles. The van der Waals surface area contributed by atoms with Crippen LogP contribution in [0.3, 0.4) is 0 Å². The number of nitrogens with one attached hydrogen (secondary N) is 1. The highest BCUT2D eigenvalue weighted by molar-refractivity contribution is 6.01. The molecule has 1 aromatic rings. The molecule has 1 rings (SSSR count). The minimum absolute atomic E-state index is 0.112. The van der Waals surface area contributed by atoms with Gasteiger partial charge in [-0.1, -0.05) is 24.8 Å². The monoisotopic (exact) mass is 190 g/mol. The first kappa shape index (κ1) is 9.98. The van der Waals surface area contributed by atoms with Crippen molar-refractivity contribution >= 4 is 11.8 Å². The summed E-state index contributed by atoms with van der Waals surface area (Å²) in [5.74, 6) is -1.14. The summed E-state index contributed by atoms with van der Waals surface area (Å²) in [6, 6.07) is 8.50.